The van der Waals surface area contributed by atoms with Crippen molar-refractivity contribution in [2.75, 3.05) is 46.4 Å². The highest BCUT2D eigenvalue weighted by atomic mass is 32.2. The van der Waals surface area contributed by atoms with Gasteiger partial charge in [-0.2, -0.15) is 11.8 Å². The van der Waals surface area contributed by atoms with Gasteiger partial charge >= 0.3 is 0 Å². The fraction of sp³-hybridized carbons (Fsp3) is 0.619. The third-order valence-electron chi connectivity index (χ3n) is 5.24. The van der Waals surface area contributed by atoms with Crippen molar-refractivity contribution < 1.29 is 23.8 Å². The van der Waals surface area contributed by atoms with E-state index in [1.54, 1.807) is 23.9 Å². The van der Waals surface area contributed by atoms with E-state index in [2.05, 4.69) is 12.2 Å². The standard InChI is InChI=1S/C21H32N2O5S/c1-14-6-9-23(10-7-14)21(25)16(8-11-29-5)22-20(24)15-12-17(26-2)19(28-4)18(13-15)27-3/h12-14,16H,6-11H2,1-5H3,(H,22,24). The molecule has 1 atom stereocenters. The Bertz CT molecular complexity index is 679. The summed E-state index contributed by atoms with van der Waals surface area (Å²) < 4.78 is 16.0. The zero-order valence-electron chi connectivity index (χ0n) is 17.9. The van der Waals surface area contributed by atoms with Crippen LogP contribution in [0.15, 0.2) is 12.1 Å². The minimum atomic E-state index is -0.553. The summed E-state index contributed by atoms with van der Waals surface area (Å²) in [6.45, 7) is 3.70. The molecule has 0 spiro atoms. The molecule has 0 bridgehead atoms. The molecule has 0 radical (unpaired) electrons. The number of piperidine rings is 1. The van der Waals surface area contributed by atoms with Gasteiger partial charge in [0, 0.05) is 18.7 Å². The van der Waals surface area contributed by atoms with E-state index in [0.717, 1.165) is 31.7 Å². The van der Waals surface area contributed by atoms with E-state index in [0.29, 0.717) is 35.2 Å². The number of ether oxygens (including phenoxy) is 3. The molecule has 0 saturated carbocycles. The van der Waals surface area contributed by atoms with Crippen LogP contribution < -0.4 is 19.5 Å². The van der Waals surface area contributed by atoms with E-state index >= 15 is 0 Å². The van der Waals surface area contributed by atoms with Crippen molar-refractivity contribution in [3.05, 3.63) is 17.7 Å². The first-order chi connectivity index (χ1) is 13.9. The molecule has 1 aliphatic heterocycles. The Morgan fingerprint density at radius 2 is 1.72 bits per heavy atom. The molecule has 29 heavy (non-hydrogen) atoms. The summed E-state index contributed by atoms with van der Waals surface area (Å²) in [6.07, 6.45) is 4.58. The van der Waals surface area contributed by atoms with Crippen molar-refractivity contribution in [3.8, 4) is 17.2 Å². The average Bonchev–Trinajstić information content (AvgIpc) is 2.75. The fourth-order valence-corrected chi connectivity index (χ4v) is 3.87. The summed E-state index contributed by atoms with van der Waals surface area (Å²) in [5, 5.41) is 2.92. The molecule has 0 aromatic heterocycles. The van der Waals surface area contributed by atoms with Crippen LogP contribution in [0.2, 0.25) is 0 Å². The molecule has 1 saturated heterocycles. The smallest absolute Gasteiger partial charge is 0.252 e. The van der Waals surface area contributed by atoms with Crippen LogP contribution in [0.5, 0.6) is 17.2 Å². The zero-order valence-corrected chi connectivity index (χ0v) is 18.8. The fourth-order valence-electron chi connectivity index (χ4n) is 3.40. The third-order valence-corrected chi connectivity index (χ3v) is 5.88. The number of nitrogens with zero attached hydrogens (tertiary/aromatic N) is 1. The van der Waals surface area contributed by atoms with Gasteiger partial charge in [0.15, 0.2) is 11.5 Å². The number of hydrogen-bond acceptors (Lipinski definition) is 6. The van der Waals surface area contributed by atoms with Crippen LogP contribution in [0.3, 0.4) is 0 Å². The minimum absolute atomic E-state index is 0.00765. The van der Waals surface area contributed by atoms with Crippen LogP contribution in [0.25, 0.3) is 0 Å². The molecule has 1 unspecified atom stereocenters. The molecule has 1 heterocycles. The lowest BCUT2D eigenvalue weighted by molar-refractivity contribution is -0.134. The Labute approximate surface area is 177 Å². The highest BCUT2D eigenvalue weighted by molar-refractivity contribution is 7.98. The Morgan fingerprint density at radius 3 is 2.21 bits per heavy atom. The second-order valence-corrected chi connectivity index (χ2v) is 8.21. The molecule has 1 fully saturated rings. The predicted octanol–water partition coefficient (Wildman–Crippen LogP) is 2.82. The minimum Gasteiger partial charge on any atom is -0.493 e. The van der Waals surface area contributed by atoms with E-state index < -0.39 is 6.04 Å². The van der Waals surface area contributed by atoms with E-state index in [1.807, 2.05) is 11.2 Å². The molecule has 1 aliphatic rings. The summed E-state index contributed by atoms with van der Waals surface area (Å²) >= 11 is 1.66. The number of benzene rings is 1. The predicted molar refractivity (Wildman–Crippen MR) is 115 cm³/mol. The van der Waals surface area contributed by atoms with E-state index in [-0.39, 0.29) is 11.8 Å². The molecular weight excluding hydrogens is 392 g/mol. The summed E-state index contributed by atoms with van der Waals surface area (Å²) in [5.41, 5.74) is 0.355. The number of carbonyl (C=O) groups is 2. The van der Waals surface area contributed by atoms with Crippen molar-refractivity contribution in [1.29, 1.82) is 0 Å². The number of carbonyl (C=O) groups excluding carboxylic acids is 2. The second-order valence-electron chi connectivity index (χ2n) is 7.23. The Kier molecular flexibility index (Phi) is 8.95. The van der Waals surface area contributed by atoms with Crippen LogP contribution >= 0.6 is 11.8 Å². The number of likely N-dealkylation sites (tertiary alicyclic amines) is 1. The summed E-state index contributed by atoms with van der Waals surface area (Å²) in [5.74, 6) is 2.29. The topological polar surface area (TPSA) is 77.1 Å². The quantitative estimate of drug-likeness (QED) is 0.657. The lowest BCUT2D eigenvalue weighted by atomic mass is 9.98. The van der Waals surface area contributed by atoms with Crippen LogP contribution in [-0.4, -0.2) is 69.2 Å². The van der Waals surface area contributed by atoms with Gasteiger partial charge in [-0.1, -0.05) is 6.92 Å². The molecule has 0 aliphatic carbocycles. The number of hydrogen-bond donors (Lipinski definition) is 1. The molecule has 2 rings (SSSR count). The van der Waals surface area contributed by atoms with Crippen LogP contribution in [0.1, 0.15) is 36.5 Å². The number of methoxy groups -OCH3 is 3. The first-order valence-corrected chi connectivity index (χ1v) is 11.2. The van der Waals surface area contributed by atoms with Gasteiger partial charge < -0.3 is 24.4 Å². The summed E-state index contributed by atoms with van der Waals surface area (Å²) in [6, 6.07) is 2.63. The van der Waals surface area contributed by atoms with E-state index in [9.17, 15) is 9.59 Å². The average molecular weight is 425 g/mol. The van der Waals surface area contributed by atoms with Gasteiger partial charge in [-0.05, 0) is 49.3 Å². The zero-order chi connectivity index (χ0) is 21.4. The monoisotopic (exact) mass is 424 g/mol. The summed E-state index contributed by atoms with van der Waals surface area (Å²) in [7, 11) is 4.51. The normalized spacial score (nSPS) is 15.6. The van der Waals surface area contributed by atoms with Crippen molar-refractivity contribution in [2.45, 2.75) is 32.2 Å². The van der Waals surface area contributed by atoms with Gasteiger partial charge in [-0.25, -0.2) is 0 Å². The van der Waals surface area contributed by atoms with E-state index in [4.69, 9.17) is 14.2 Å². The lowest BCUT2D eigenvalue weighted by Gasteiger charge is -2.33. The Balaban J connectivity index is 2.20. The van der Waals surface area contributed by atoms with Gasteiger partial charge in [-0.15, -0.1) is 0 Å². The van der Waals surface area contributed by atoms with Gasteiger partial charge in [-0.3, -0.25) is 9.59 Å². The van der Waals surface area contributed by atoms with Crippen LogP contribution in [0, 0.1) is 5.92 Å². The summed E-state index contributed by atoms with van der Waals surface area (Å²) in [4.78, 5) is 27.9. The van der Waals surface area contributed by atoms with Gasteiger partial charge in [0.05, 0.1) is 21.3 Å². The molecule has 1 N–H and O–H groups in total. The molecule has 1 aromatic rings. The molecule has 162 valence electrons. The highest BCUT2D eigenvalue weighted by Gasteiger charge is 2.29. The SMILES string of the molecule is COc1cc(C(=O)NC(CCSC)C(=O)N2CCC(C)CC2)cc(OC)c1OC. The van der Waals surface area contributed by atoms with Crippen LogP contribution in [-0.2, 0) is 4.79 Å². The Morgan fingerprint density at radius 1 is 1.14 bits per heavy atom. The Hall–Kier alpha value is -2.09. The number of thioether (sulfide) groups is 1. The maximum Gasteiger partial charge on any atom is 0.252 e. The molecule has 2 amide bonds. The van der Waals surface area contributed by atoms with Gasteiger partial charge in [0.1, 0.15) is 6.04 Å². The van der Waals surface area contributed by atoms with Crippen LogP contribution in [0.4, 0.5) is 0 Å². The number of rotatable bonds is 9. The van der Waals surface area contributed by atoms with Crippen molar-refractivity contribution >= 4 is 23.6 Å². The number of amides is 2. The maximum atomic E-state index is 13.1. The maximum absolute atomic E-state index is 13.1. The van der Waals surface area contributed by atoms with Crippen molar-refractivity contribution in [1.82, 2.24) is 10.2 Å². The highest BCUT2D eigenvalue weighted by Crippen LogP contribution is 2.38. The molecule has 7 nitrogen and oxygen atoms in total. The second kappa shape index (κ2) is 11.2. The number of nitrogens with one attached hydrogen (secondary N) is 1. The van der Waals surface area contributed by atoms with Gasteiger partial charge in [0.2, 0.25) is 11.7 Å². The first-order valence-electron chi connectivity index (χ1n) is 9.83. The third kappa shape index (κ3) is 5.95. The lowest BCUT2D eigenvalue weighted by Crippen LogP contribution is -2.50. The van der Waals surface area contributed by atoms with Gasteiger partial charge in [0.25, 0.3) is 5.91 Å². The largest absolute Gasteiger partial charge is 0.493 e. The molecular formula is C21H32N2O5S. The molecule has 8 heteroatoms. The molecule has 1 aromatic carbocycles. The first kappa shape index (κ1) is 23.2. The van der Waals surface area contributed by atoms with E-state index in [1.165, 1.54) is 21.3 Å². The van der Waals surface area contributed by atoms with Crippen molar-refractivity contribution in [2.24, 2.45) is 5.92 Å². The van der Waals surface area contributed by atoms with Crippen molar-refractivity contribution in [3.63, 3.8) is 0 Å².